The number of aliphatic hydroxyl groups is 1. The van der Waals surface area contributed by atoms with Gasteiger partial charge in [-0.15, -0.1) is 0 Å². The summed E-state index contributed by atoms with van der Waals surface area (Å²) in [6, 6.07) is 0. The Morgan fingerprint density at radius 3 is 2.45 bits per heavy atom. The monoisotopic (exact) mass is 402 g/mol. The topological polar surface area (TPSA) is 104 Å². The maximum absolute atomic E-state index is 12.7. The minimum Gasteiger partial charge on any atom is -0.507 e. The molecule has 1 aromatic rings. The third-order valence-electron chi connectivity index (χ3n) is 7.83. The van der Waals surface area contributed by atoms with Crippen molar-refractivity contribution in [2.45, 2.75) is 59.0 Å². The van der Waals surface area contributed by atoms with Gasteiger partial charge in [0, 0.05) is 23.8 Å². The Morgan fingerprint density at radius 1 is 1.21 bits per heavy atom. The lowest BCUT2D eigenvalue weighted by molar-refractivity contribution is -0.239. The minimum absolute atomic E-state index is 0.0141. The van der Waals surface area contributed by atoms with E-state index in [-0.39, 0.29) is 58.8 Å². The van der Waals surface area contributed by atoms with E-state index in [9.17, 15) is 24.9 Å². The van der Waals surface area contributed by atoms with Crippen LogP contribution >= 0.6 is 0 Å². The highest BCUT2D eigenvalue weighted by atomic mass is 16.5. The van der Waals surface area contributed by atoms with Gasteiger partial charge in [-0.25, -0.2) is 0 Å². The molecule has 1 heterocycles. The van der Waals surface area contributed by atoms with Crippen molar-refractivity contribution < 1.29 is 29.6 Å². The SMILES string of the molecule is CC(C)CC(=O)c1c(O)c(C=O)c2c(c1O)C[C@H]1C[C@H]3C[C@H](C3(C)C)[C@@]1(CO)O2. The number of ether oxygens (including phenoxy) is 1. The van der Waals surface area contributed by atoms with Crippen LogP contribution in [-0.2, 0) is 6.42 Å². The molecule has 1 aliphatic heterocycles. The molecule has 1 aromatic carbocycles. The summed E-state index contributed by atoms with van der Waals surface area (Å²) in [6.07, 6.45) is 2.85. The molecule has 0 unspecified atom stereocenters. The first kappa shape index (κ1) is 20.2. The standard InChI is InChI=1S/C23H30O6/c1-11(2)5-16(26)18-19(27)14-7-13-6-12-8-17(22(12,3)4)23(13,10-25)29-21(14)15(9-24)20(18)28/h9,11-13,17,25,27-28H,5-8,10H2,1-4H3/t12-,13+,17+,23-/m0/s1. The molecule has 6 heteroatoms. The van der Waals surface area contributed by atoms with Crippen molar-refractivity contribution in [1.82, 2.24) is 0 Å². The fraction of sp³-hybridized carbons (Fsp3) is 0.652. The lowest BCUT2D eigenvalue weighted by Gasteiger charge is -2.68. The molecule has 2 bridgehead atoms. The summed E-state index contributed by atoms with van der Waals surface area (Å²) in [7, 11) is 0. The van der Waals surface area contributed by atoms with Crippen LogP contribution in [-0.4, -0.2) is 39.6 Å². The molecule has 0 amide bonds. The smallest absolute Gasteiger partial charge is 0.170 e. The van der Waals surface area contributed by atoms with E-state index in [4.69, 9.17) is 4.74 Å². The first-order valence-corrected chi connectivity index (χ1v) is 10.5. The third kappa shape index (κ3) is 2.57. The van der Waals surface area contributed by atoms with Crippen LogP contribution in [0.1, 0.15) is 73.2 Å². The Balaban J connectivity index is 1.86. The lowest BCUT2D eigenvalue weighted by Crippen LogP contribution is -2.70. The number of aromatic hydroxyl groups is 2. The number of aliphatic hydroxyl groups excluding tert-OH is 1. The zero-order valence-electron chi connectivity index (χ0n) is 17.5. The molecule has 158 valence electrons. The largest absolute Gasteiger partial charge is 0.507 e. The van der Waals surface area contributed by atoms with Gasteiger partial charge < -0.3 is 20.1 Å². The van der Waals surface area contributed by atoms with Gasteiger partial charge in [-0.3, -0.25) is 9.59 Å². The number of hydrogen-bond acceptors (Lipinski definition) is 6. The summed E-state index contributed by atoms with van der Waals surface area (Å²) in [5.41, 5.74) is -0.734. The third-order valence-corrected chi connectivity index (χ3v) is 7.83. The molecule has 3 fully saturated rings. The highest BCUT2D eigenvalue weighted by Gasteiger charge is 2.67. The van der Waals surface area contributed by atoms with Crippen molar-refractivity contribution in [1.29, 1.82) is 0 Å². The number of carbonyl (C=O) groups is 2. The summed E-state index contributed by atoms with van der Waals surface area (Å²) in [4.78, 5) is 24.6. The van der Waals surface area contributed by atoms with Crippen molar-refractivity contribution in [3.8, 4) is 17.2 Å². The second-order valence-corrected chi connectivity index (χ2v) is 10.1. The molecule has 0 aromatic heterocycles. The minimum atomic E-state index is -0.842. The lowest BCUT2D eigenvalue weighted by atomic mass is 9.40. The number of phenols is 2. The summed E-state index contributed by atoms with van der Waals surface area (Å²) < 4.78 is 6.35. The normalized spacial score (nSPS) is 31.3. The van der Waals surface area contributed by atoms with E-state index in [2.05, 4.69) is 13.8 Å². The fourth-order valence-corrected chi connectivity index (χ4v) is 6.12. The first-order chi connectivity index (χ1) is 13.6. The fourth-order valence-electron chi connectivity index (χ4n) is 6.12. The zero-order chi connectivity index (χ0) is 21.3. The van der Waals surface area contributed by atoms with Crippen LogP contribution in [0, 0.1) is 29.1 Å². The second kappa shape index (κ2) is 6.46. The number of hydrogen-bond donors (Lipinski definition) is 3. The van der Waals surface area contributed by atoms with Gasteiger partial charge in [-0.05, 0) is 36.5 Å². The van der Waals surface area contributed by atoms with Crippen LogP contribution in [0.5, 0.6) is 17.2 Å². The van der Waals surface area contributed by atoms with E-state index in [0.717, 1.165) is 12.8 Å². The number of phenolic OH excluding ortho intramolecular Hbond substituents is 2. The highest BCUT2D eigenvalue weighted by Crippen LogP contribution is 2.67. The number of Topliss-reactive ketones (excluding diaryl/α,β-unsaturated/α-hetero) is 1. The molecule has 0 radical (unpaired) electrons. The van der Waals surface area contributed by atoms with Crippen LogP contribution < -0.4 is 4.74 Å². The van der Waals surface area contributed by atoms with Gasteiger partial charge >= 0.3 is 0 Å². The molecule has 29 heavy (non-hydrogen) atoms. The average molecular weight is 402 g/mol. The molecular weight excluding hydrogens is 372 g/mol. The summed E-state index contributed by atoms with van der Waals surface area (Å²) >= 11 is 0. The Kier molecular flexibility index (Phi) is 4.50. The van der Waals surface area contributed by atoms with E-state index < -0.39 is 17.1 Å². The number of fused-ring (bicyclic) bond motifs is 1. The van der Waals surface area contributed by atoms with Gasteiger partial charge in [0.25, 0.3) is 0 Å². The van der Waals surface area contributed by atoms with Crippen LogP contribution in [0.4, 0.5) is 0 Å². The average Bonchev–Trinajstić information content (AvgIpc) is 2.65. The van der Waals surface area contributed by atoms with Crippen LogP contribution in [0.2, 0.25) is 0 Å². The van der Waals surface area contributed by atoms with Crippen LogP contribution in [0.3, 0.4) is 0 Å². The summed E-state index contributed by atoms with van der Waals surface area (Å²) in [5, 5.41) is 32.0. The maximum Gasteiger partial charge on any atom is 0.170 e. The van der Waals surface area contributed by atoms with Gasteiger partial charge in [0.15, 0.2) is 12.1 Å². The van der Waals surface area contributed by atoms with Crippen molar-refractivity contribution in [3.63, 3.8) is 0 Å². The molecule has 0 saturated heterocycles. The van der Waals surface area contributed by atoms with E-state index >= 15 is 0 Å². The Bertz CT molecular complexity index is 886. The summed E-state index contributed by atoms with van der Waals surface area (Å²) in [6.45, 7) is 7.93. The molecule has 5 rings (SSSR count). The van der Waals surface area contributed by atoms with Gasteiger partial charge in [-0.2, -0.15) is 0 Å². The molecule has 6 nitrogen and oxygen atoms in total. The van der Waals surface area contributed by atoms with Crippen LogP contribution in [0.15, 0.2) is 0 Å². The van der Waals surface area contributed by atoms with Gasteiger partial charge in [0.1, 0.15) is 28.4 Å². The number of benzene rings is 1. The zero-order valence-corrected chi connectivity index (χ0v) is 17.5. The van der Waals surface area contributed by atoms with Crippen molar-refractivity contribution >= 4 is 12.1 Å². The predicted octanol–water partition coefficient (Wildman–Crippen LogP) is 3.49. The quantitative estimate of drug-likeness (QED) is 0.514. The molecule has 4 atom stereocenters. The molecule has 3 aliphatic carbocycles. The van der Waals surface area contributed by atoms with Gasteiger partial charge in [-0.1, -0.05) is 27.7 Å². The Labute approximate surface area is 170 Å². The second-order valence-electron chi connectivity index (χ2n) is 10.1. The molecule has 3 saturated carbocycles. The highest BCUT2D eigenvalue weighted by molar-refractivity contribution is 6.05. The Hall–Kier alpha value is -2.08. The molecule has 3 N–H and O–H groups in total. The molecule has 0 spiro atoms. The number of rotatable bonds is 5. The van der Waals surface area contributed by atoms with Crippen LogP contribution in [0.25, 0.3) is 0 Å². The first-order valence-electron chi connectivity index (χ1n) is 10.5. The van der Waals surface area contributed by atoms with E-state index in [1.165, 1.54) is 0 Å². The number of ketones is 1. The van der Waals surface area contributed by atoms with Crippen molar-refractivity contribution in [2.75, 3.05) is 6.61 Å². The number of carbonyl (C=O) groups excluding carboxylic acids is 2. The van der Waals surface area contributed by atoms with Gasteiger partial charge in [0.2, 0.25) is 0 Å². The molecular formula is C23H30O6. The summed E-state index contributed by atoms with van der Waals surface area (Å²) in [5.74, 6) is -0.427. The maximum atomic E-state index is 12.7. The molecule has 4 aliphatic rings. The number of aldehydes is 1. The Morgan fingerprint density at radius 2 is 1.90 bits per heavy atom. The van der Waals surface area contributed by atoms with Crippen molar-refractivity contribution in [2.24, 2.45) is 29.1 Å². The van der Waals surface area contributed by atoms with Crippen molar-refractivity contribution in [3.05, 3.63) is 16.7 Å². The van der Waals surface area contributed by atoms with E-state index in [1.54, 1.807) is 0 Å². The van der Waals surface area contributed by atoms with Gasteiger partial charge in [0.05, 0.1) is 12.2 Å². The van der Waals surface area contributed by atoms with E-state index in [1.807, 2.05) is 13.8 Å². The van der Waals surface area contributed by atoms with E-state index in [0.29, 0.717) is 24.2 Å². The predicted molar refractivity (Wildman–Crippen MR) is 107 cm³/mol.